The normalized spacial score (nSPS) is 15.2. The molecule has 1 aromatic heterocycles. The van der Waals surface area contributed by atoms with Crippen molar-refractivity contribution in [2.24, 2.45) is 4.99 Å². The van der Waals surface area contributed by atoms with Gasteiger partial charge in [-0.25, -0.2) is 0 Å². The molecular formula is C20H22N4. The van der Waals surface area contributed by atoms with Crippen LogP contribution < -0.4 is 5.32 Å². The van der Waals surface area contributed by atoms with Crippen LogP contribution >= 0.6 is 0 Å². The monoisotopic (exact) mass is 318 g/mol. The number of rotatable bonds is 3. The molecule has 0 radical (unpaired) electrons. The standard InChI is InChI=1S/C20H22N4/c1-24(2)12-11-21-19-13-16-14-7-3-5-9-17(14)23-20(16)15-8-4-6-10-18(15)22-19/h3-10,23H,11-13H2,1-2H3,(H,21,22). The number of aromatic nitrogens is 1. The van der Waals surface area contributed by atoms with Crippen molar-refractivity contribution in [3.63, 3.8) is 0 Å². The van der Waals surface area contributed by atoms with E-state index in [1.165, 1.54) is 27.7 Å². The van der Waals surface area contributed by atoms with Crippen LogP contribution in [0.15, 0.2) is 53.5 Å². The first kappa shape index (κ1) is 15.0. The van der Waals surface area contributed by atoms with Gasteiger partial charge in [-0.05, 0) is 31.8 Å². The van der Waals surface area contributed by atoms with Crippen LogP contribution in [-0.4, -0.2) is 42.9 Å². The number of fused-ring (bicyclic) bond motifs is 5. The molecule has 4 heteroatoms. The van der Waals surface area contributed by atoms with Crippen LogP contribution in [0.1, 0.15) is 5.56 Å². The zero-order valence-corrected chi connectivity index (χ0v) is 14.1. The molecule has 0 saturated heterocycles. The maximum absolute atomic E-state index is 4.82. The van der Waals surface area contributed by atoms with E-state index in [2.05, 4.69) is 77.8 Å². The van der Waals surface area contributed by atoms with E-state index in [-0.39, 0.29) is 0 Å². The molecule has 0 saturated carbocycles. The number of aliphatic imine (C=N–C) groups is 1. The Labute approximate surface area is 142 Å². The molecule has 0 atom stereocenters. The van der Waals surface area contributed by atoms with Crippen LogP contribution in [0.25, 0.3) is 22.2 Å². The maximum Gasteiger partial charge on any atom is 0.105 e. The molecular weight excluding hydrogens is 296 g/mol. The van der Waals surface area contributed by atoms with Gasteiger partial charge in [-0.15, -0.1) is 0 Å². The fourth-order valence-corrected chi connectivity index (χ4v) is 3.27. The Balaban J connectivity index is 1.83. The second kappa shape index (κ2) is 6.13. The van der Waals surface area contributed by atoms with E-state index >= 15 is 0 Å². The number of hydrogen-bond acceptors (Lipinski definition) is 2. The molecule has 0 amide bonds. The van der Waals surface area contributed by atoms with Crippen molar-refractivity contribution in [1.82, 2.24) is 9.88 Å². The van der Waals surface area contributed by atoms with Crippen molar-refractivity contribution < 1.29 is 0 Å². The van der Waals surface area contributed by atoms with Crippen molar-refractivity contribution in [2.45, 2.75) is 6.42 Å². The summed E-state index contributed by atoms with van der Waals surface area (Å²) in [5.74, 6) is 1.04. The Morgan fingerprint density at radius 3 is 2.71 bits per heavy atom. The highest BCUT2D eigenvalue weighted by atomic mass is 15.1. The van der Waals surface area contributed by atoms with Crippen LogP contribution in [0.4, 0.5) is 5.69 Å². The Morgan fingerprint density at radius 1 is 1.04 bits per heavy atom. The van der Waals surface area contributed by atoms with Crippen LogP contribution in [0, 0.1) is 0 Å². The summed E-state index contributed by atoms with van der Waals surface area (Å²) >= 11 is 0. The second-order valence-electron chi connectivity index (χ2n) is 6.50. The molecule has 0 aliphatic carbocycles. The number of likely N-dealkylation sites (N-methyl/N-ethyl adjacent to an activating group) is 1. The summed E-state index contributed by atoms with van der Waals surface area (Å²) < 4.78 is 0. The second-order valence-corrected chi connectivity index (χ2v) is 6.50. The lowest BCUT2D eigenvalue weighted by atomic mass is 10.0. The molecule has 0 unspecified atom stereocenters. The Hall–Kier alpha value is -2.59. The first-order valence-corrected chi connectivity index (χ1v) is 8.36. The predicted octanol–water partition coefficient (Wildman–Crippen LogP) is 3.76. The van der Waals surface area contributed by atoms with Crippen LogP contribution in [0.2, 0.25) is 0 Å². The van der Waals surface area contributed by atoms with Gasteiger partial charge in [-0.1, -0.05) is 36.4 Å². The fourth-order valence-electron chi connectivity index (χ4n) is 3.27. The molecule has 4 rings (SSSR count). The van der Waals surface area contributed by atoms with Gasteiger partial charge in [0.1, 0.15) is 5.84 Å². The van der Waals surface area contributed by atoms with E-state index in [0.29, 0.717) is 0 Å². The molecule has 2 N–H and O–H groups in total. The van der Waals surface area contributed by atoms with Crippen molar-refractivity contribution >= 4 is 22.4 Å². The van der Waals surface area contributed by atoms with Gasteiger partial charge in [0.2, 0.25) is 0 Å². The van der Waals surface area contributed by atoms with Gasteiger partial charge in [-0.2, -0.15) is 0 Å². The Kier molecular flexibility index (Phi) is 3.82. The first-order chi connectivity index (χ1) is 11.7. The number of para-hydroxylation sites is 2. The van der Waals surface area contributed by atoms with Gasteiger partial charge in [0.05, 0.1) is 12.2 Å². The summed E-state index contributed by atoms with van der Waals surface area (Å²) in [6.07, 6.45) is 0.821. The van der Waals surface area contributed by atoms with Crippen molar-refractivity contribution in [3.05, 3.63) is 54.1 Å². The molecule has 24 heavy (non-hydrogen) atoms. The van der Waals surface area contributed by atoms with Gasteiger partial charge < -0.3 is 15.2 Å². The summed E-state index contributed by atoms with van der Waals surface area (Å²) in [7, 11) is 4.15. The summed E-state index contributed by atoms with van der Waals surface area (Å²) in [6, 6.07) is 17.0. The SMILES string of the molecule is CN(C)CCN=C1Cc2c([nH]c3ccccc23)-c2ccccc2N1. The summed E-state index contributed by atoms with van der Waals surface area (Å²) in [6.45, 7) is 1.75. The van der Waals surface area contributed by atoms with Crippen molar-refractivity contribution in [1.29, 1.82) is 0 Å². The molecule has 2 heterocycles. The predicted molar refractivity (Wildman–Crippen MR) is 102 cm³/mol. The first-order valence-electron chi connectivity index (χ1n) is 8.36. The minimum absolute atomic E-state index is 0.801. The van der Waals surface area contributed by atoms with E-state index in [0.717, 1.165) is 31.0 Å². The van der Waals surface area contributed by atoms with Gasteiger partial charge in [-0.3, -0.25) is 4.99 Å². The zero-order valence-electron chi connectivity index (χ0n) is 14.1. The fraction of sp³-hybridized carbons (Fsp3) is 0.250. The third-order valence-corrected chi connectivity index (χ3v) is 4.48. The van der Waals surface area contributed by atoms with E-state index < -0.39 is 0 Å². The number of hydrogen-bond donors (Lipinski definition) is 2. The van der Waals surface area contributed by atoms with Gasteiger partial charge in [0.25, 0.3) is 0 Å². The molecule has 0 fully saturated rings. The molecule has 1 aliphatic rings. The third kappa shape index (κ3) is 2.69. The van der Waals surface area contributed by atoms with Gasteiger partial charge in [0, 0.05) is 35.1 Å². The van der Waals surface area contributed by atoms with Crippen LogP contribution in [0.3, 0.4) is 0 Å². The van der Waals surface area contributed by atoms with Crippen LogP contribution in [-0.2, 0) is 6.42 Å². The quantitative estimate of drug-likeness (QED) is 0.772. The topological polar surface area (TPSA) is 43.4 Å². The molecule has 0 bridgehead atoms. The van der Waals surface area contributed by atoms with E-state index in [4.69, 9.17) is 4.99 Å². The Bertz CT molecular complexity index is 905. The Morgan fingerprint density at radius 2 is 1.83 bits per heavy atom. The molecule has 1 aliphatic heterocycles. The molecule has 2 aromatic carbocycles. The number of benzene rings is 2. The van der Waals surface area contributed by atoms with Crippen molar-refractivity contribution in [3.8, 4) is 11.3 Å². The number of amidine groups is 1. The third-order valence-electron chi connectivity index (χ3n) is 4.48. The molecule has 0 spiro atoms. The minimum Gasteiger partial charge on any atom is -0.354 e. The number of aromatic amines is 1. The molecule has 122 valence electrons. The van der Waals surface area contributed by atoms with Gasteiger partial charge in [0.15, 0.2) is 0 Å². The van der Waals surface area contributed by atoms with E-state index in [1.54, 1.807) is 0 Å². The van der Waals surface area contributed by atoms with E-state index in [1.807, 2.05) is 0 Å². The number of nitrogens with zero attached hydrogens (tertiary/aromatic N) is 2. The largest absolute Gasteiger partial charge is 0.354 e. The lowest BCUT2D eigenvalue weighted by molar-refractivity contribution is 0.420. The summed E-state index contributed by atoms with van der Waals surface area (Å²) in [5.41, 5.74) is 6.04. The number of nitrogens with one attached hydrogen (secondary N) is 2. The lowest BCUT2D eigenvalue weighted by Crippen LogP contribution is -2.19. The molecule has 4 nitrogen and oxygen atoms in total. The average Bonchev–Trinajstić information content (AvgIpc) is 2.85. The lowest BCUT2D eigenvalue weighted by Gasteiger charge is -2.11. The average molecular weight is 318 g/mol. The summed E-state index contributed by atoms with van der Waals surface area (Å²) in [4.78, 5) is 10.6. The number of anilines is 1. The summed E-state index contributed by atoms with van der Waals surface area (Å²) in [5, 5.41) is 4.83. The number of H-pyrrole nitrogens is 1. The maximum atomic E-state index is 4.82. The van der Waals surface area contributed by atoms with Gasteiger partial charge >= 0.3 is 0 Å². The van der Waals surface area contributed by atoms with Crippen LogP contribution in [0.5, 0.6) is 0 Å². The zero-order chi connectivity index (χ0) is 16.5. The highest BCUT2D eigenvalue weighted by Gasteiger charge is 2.21. The van der Waals surface area contributed by atoms with Crippen molar-refractivity contribution in [2.75, 3.05) is 32.5 Å². The minimum atomic E-state index is 0.801. The highest BCUT2D eigenvalue weighted by Crippen LogP contribution is 2.37. The highest BCUT2D eigenvalue weighted by molar-refractivity contribution is 6.07. The van der Waals surface area contributed by atoms with E-state index in [9.17, 15) is 0 Å². The smallest absolute Gasteiger partial charge is 0.105 e. The molecule has 3 aromatic rings.